The smallest absolute Gasteiger partial charge is 0.453 e. The van der Waals surface area contributed by atoms with E-state index in [0.29, 0.717) is 5.75 Å². The molecule has 39 heavy (non-hydrogen) atoms. The Labute approximate surface area is 215 Å². The van der Waals surface area contributed by atoms with Gasteiger partial charge < -0.3 is 23.9 Å². The van der Waals surface area contributed by atoms with E-state index in [4.69, 9.17) is 18.6 Å². The maximum atomic E-state index is 13.8. The van der Waals surface area contributed by atoms with Crippen molar-refractivity contribution in [2.75, 3.05) is 19.0 Å². The van der Waals surface area contributed by atoms with Crippen LogP contribution in [0.3, 0.4) is 0 Å². The lowest BCUT2D eigenvalue weighted by atomic mass is 10.2. The Hall–Kier alpha value is -4.68. The lowest BCUT2D eigenvalue weighted by Gasteiger charge is -2.14. The number of nitrogens with one attached hydrogen (secondary N) is 1. The van der Waals surface area contributed by atoms with Crippen LogP contribution >= 0.6 is 0 Å². The van der Waals surface area contributed by atoms with Crippen molar-refractivity contribution in [2.24, 2.45) is 0 Å². The number of carbonyl (C=O) groups is 1. The molecule has 0 bridgehead atoms. The molecule has 7 nitrogen and oxygen atoms in total. The van der Waals surface area contributed by atoms with Gasteiger partial charge in [0.2, 0.25) is 11.2 Å². The van der Waals surface area contributed by atoms with Crippen molar-refractivity contribution in [3.05, 3.63) is 88.3 Å². The highest BCUT2D eigenvalue weighted by molar-refractivity contribution is 5.92. The normalized spacial score (nSPS) is 11.8. The van der Waals surface area contributed by atoms with Gasteiger partial charge >= 0.3 is 12.4 Å². The number of fused-ring (bicyclic) bond motifs is 1. The first kappa shape index (κ1) is 27.4. The molecular weight excluding hydrogens is 536 g/mol. The minimum absolute atomic E-state index is 0.0697. The van der Waals surface area contributed by atoms with Crippen LogP contribution < -0.4 is 25.0 Å². The first-order valence-electron chi connectivity index (χ1n) is 10.9. The third-order valence-electron chi connectivity index (χ3n) is 5.20. The maximum Gasteiger partial charge on any atom is 0.453 e. The summed E-state index contributed by atoms with van der Waals surface area (Å²) in [7, 11) is 1.40. The monoisotopic (exact) mass is 553 g/mol. The number of amides is 1. The number of rotatable bonds is 7. The summed E-state index contributed by atoms with van der Waals surface area (Å²) in [5, 5.41) is 1.97. The van der Waals surface area contributed by atoms with Crippen molar-refractivity contribution >= 4 is 22.6 Å². The molecule has 0 radical (unpaired) electrons. The fourth-order valence-corrected chi connectivity index (χ4v) is 3.41. The Bertz CT molecular complexity index is 1560. The van der Waals surface area contributed by atoms with E-state index in [1.54, 1.807) is 0 Å². The van der Waals surface area contributed by atoms with E-state index >= 15 is 0 Å². The molecule has 0 saturated heterocycles. The molecule has 0 aliphatic rings. The van der Waals surface area contributed by atoms with E-state index in [1.165, 1.54) is 43.5 Å². The van der Waals surface area contributed by atoms with Crippen LogP contribution in [0.2, 0.25) is 0 Å². The third-order valence-corrected chi connectivity index (χ3v) is 5.20. The molecule has 3 aromatic carbocycles. The summed E-state index contributed by atoms with van der Waals surface area (Å²) in [5.41, 5.74) is -2.71. The summed E-state index contributed by atoms with van der Waals surface area (Å²) >= 11 is 0. The average Bonchev–Trinajstić information content (AvgIpc) is 2.88. The van der Waals surface area contributed by atoms with E-state index in [0.717, 1.165) is 30.3 Å². The summed E-state index contributed by atoms with van der Waals surface area (Å²) in [4.78, 5) is 25.1. The fraction of sp³-hybridized carbons (Fsp3) is 0.154. The first-order valence-corrected chi connectivity index (χ1v) is 10.9. The molecule has 1 amide bonds. The van der Waals surface area contributed by atoms with Gasteiger partial charge in [-0.3, -0.25) is 9.59 Å². The highest BCUT2D eigenvalue weighted by atomic mass is 19.4. The summed E-state index contributed by atoms with van der Waals surface area (Å²) in [6, 6.07) is 12.7. The zero-order chi connectivity index (χ0) is 28.4. The van der Waals surface area contributed by atoms with Gasteiger partial charge in [0.05, 0.1) is 18.1 Å². The number of halogens is 6. The number of carbonyl (C=O) groups excluding carboxylic acids is 1. The van der Waals surface area contributed by atoms with Gasteiger partial charge in [0.15, 0.2) is 6.61 Å². The zero-order valence-electron chi connectivity index (χ0n) is 19.8. The summed E-state index contributed by atoms with van der Waals surface area (Å²) < 4.78 is 100. The molecule has 1 N–H and O–H groups in total. The van der Waals surface area contributed by atoms with Gasteiger partial charge in [-0.2, -0.15) is 26.3 Å². The second-order valence-corrected chi connectivity index (χ2v) is 7.94. The molecule has 0 aliphatic heterocycles. The van der Waals surface area contributed by atoms with Gasteiger partial charge in [0.1, 0.15) is 22.8 Å². The number of benzene rings is 3. The second-order valence-electron chi connectivity index (χ2n) is 7.94. The van der Waals surface area contributed by atoms with Crippen LogP contribution in [0.1, 0.15) is 11.3 Å². The maximum absolute atomic E-state index is 13.8. The quantitative estimate of drug-likeness (QED) is 0.258. The summed E-state index contributed by atoms with van der Waals surface area (Å²) in [6.45, 7) is -0.698. The molecule has 0 unspecified atom stereocenters. The number of hydrogen-bond acceptors (Lipinski definition) is 6. The molecule has 0 spiro atoms. The van der Waals surface area contributed by atoms with Crippen molar-refractivity contribution < 1.29 is 49.8 Å². The average molecular weight is 553 g/mol. The van der Waals surface area contributed by atoms with E-state index in [9.17, 15) is 35.9 Å². The zero-order valence-corrected chi connectivity index (χ0v) is 19.8. The largest absolute Gasteiger partial charge is 0.497 e. The number of methoxy groups -OCH3 is 1. The van der Waals surface area contributed by atoms with Crippen LogP contribution in [0, 0.1) is 0 Å². The Morgan fingerprint density at radius 1 is 0.872 bits per heavy atom. The number of alkyl halides is 6. The standard InChI is InChI=1S/C26H17F6NO6/c1-36-16-5-7-17(8-6-16)38-23-22(35)19-10-9-18(12-20(19)39-24(23)26(30,31)32)37-13-21(34)33-15-4-2-3-14(11-15)25(27,28)29/h2-12H,13H2,1H3,(H,33,34). The third kappa shape index (κ3) is 6.43. The SMILES string of the molecule is COc1ccc(Oc2c(C(F)(F)F)oc3cc(OCC(=O)Nc4cccc(C(F)(F)F)c4)ccc3c2=O)cc1. The van der Waals surface area contributed by atoms with Gasteiger partial charge in [-0.05, 0) is 54.6 Å². The molecule has 4 rings (SSSR count). The van der Waals surface area contributed by atoms with Gasteiger partial charge in [0.25, 0.3) is 11.7 Å². The van der Waals surface area contributed by atoms with Gasteiger partial charge in [0, 0.05) is 11.8 Å². The van der Waals surface area contributed by atoms with E-state index < -0.39 is 53.0 Å². The van der Waals surface area contributed by atoms with E-state index in [2.05, 4.69) is 5.32 Å². The molecule has 204 valence electrons. The Morgan fingerprint density at radius 2 is 1.54 bits per heavy atom. The van der Waals surface area contributed by atoms with Crippen molar-refractivity contribution in [1.82, 2.24) is 0 Å². The first-order chi connectivity index (χ1) is 18.3. The molecular formula is C26H17F6NO6. The van der Waals surface area contributed by atoms with Crippen LogP contribution in [0.15, 0.2) is 75.9 Å². The Morgan fingerprint density at radius 3 is 2.18 bits per heavy atom. The van der Waals surface area contributed by atoms with Crippen molar-refractivity contribution in [2.45, 2.75) is 12.4 Å². The van der Waals surface area contributed by atoms with Crippen LogP contribution in [-0.2, 0) is 17.1 Å². The summed E-state index contributed by atoms with van der Waals surface area (Å²) in [6.07, 6.45) is -9.71. The molecule has 0 atom stereocenters. The van der Waals surface area contributed by atoms with Crippen molar-refractivity contribution in [1.29, 1.82) is 0 Å². The van der Waals surface area contributed by atoms with Crippen LogP contribution in [0.5, 0.6) is 23.0 Å². The predicted octanol–water partition coefficient (Wildman–Crippen LogP) is 6.65. The van der Waals surface area contributed by atoms with Gasteiger partial charge in [-0.25, -0.2) is 0 Å². The molecule has 1 aromatic heterocycles. The Balaban J connectivity index is 1.56. The number of anilines is 1. The highest BCUT2D eigenvalue weighted by Gasteiger charge is 2.40. The molecule has 0 aliphatic carbocycles. The minimum Gasteiger partial charge on any atom is -0.497 e. The minimum atomic E-state index is -5.10. The molecule has 13 heteroatoms. The van der Waals surface area contributed by atoms with Crippen molar-refractivity contribution in [3.8, 4) is 23.0 Å². The van der Waals surface area contributed by atoms with Crippen LogP contribution in [0.4, 0.5) is 32.0 Å². The molecule has 4 aromatic rings. The highest BCUT2D eigenvalue weighted by Crippen LogP contribution is 2.39. The molecule has 1 heterocycles. The fourth-order valence-electron chi connectivity index (χ4n) is 3.41. The van der Waals surface area contributed by atoms with Crippen LogP contribution in [0.25, 0.3) is 11.0 Å². The Kier molecular flexibility index (Phi) is 7.43. The van der Waals surface area contributed by atoms with Gasteiger partial charge in [-0.1, -0.05) is 6.07 Å². The van der Waals surface area contributed by atoms with E-state index in [1.807, 2.05) is 0 Å². The molecule has 0 saturated carbocycles. The number of ether oxygens (including phenoxy) is 3. The predicted molar refractivity (Wildman–Crippen MR) is 126 cm³/mol. The van der Waals surface area contributed by atoms with Crippen molar-refractivity contribution in [3.63, 3.8) is 0 Å². The number of hydrogen-bond donors (Lipinski definition) is 1. The summed E-state index contributed by atoms with van der Waals surface area (Å²) in [5.74, 6) is -3.39. The molecule has 0 fully saturated rings. The van der Waals surface area contributed by atoms with E-state index in [-0.39, 0.29) is 22.6 Å². The second kappa shape index (κ2) is 10.6. The lowest BCUT2D eigenvalue weighted by Crippen LogP contribution is -2.20. The lowest BCUT2D eigenvalue weighted by molar-refractivity contribution is -0.154. The topological polar surface area (TPSA) is 87.0 Å². The van der Waals surface area contributed by atoms with Gasteiger partial charge in [-0.15, -0.1) is 0 Å². The van der Waals surface area contributed by atoms with Crippen LogP contribution in [-0.4, -0.2) is 19.6 Å².